The highest BCUT2D eigenvalue weighted by Gasteiger charge is 2.22. The van der Waals surface area contributed by atoms with Gasteiger partial charge in [-0.05, 0) is 6.07 Å². The summed E-state index contributed by atoms with van der Waals surface area (Å²) in [6.45, 7) is 0. The average Bonchev–Trinajstić information content (AvgIpc) is 2.39. The predicted octanol–water partition coefficient (Wildman–Crippen LogP) is 6.98. The van der Waals surface area contributed by atoms with Crippen molar-refractivity contribution in [3.63, 3.8) is 0 Å². The Balaban J connectivity index is 2.87. The van der Waals surface area contributed by atoms with Gasteiger partial charge in [-0.1, -0.05) is 81.7 Å². The first-order valence-corrected chi connectivity index (χ1v) is 7.12. The van der Waals surface area contributed by atoms with Crippen molar-refractivity contribution in [2.45, 2.75) is 0 Å². The Labute approximate surface area is 139 Å². The highest BCUT2D eigenvalue weighted by atomic mass is 35.5. The van der Waals surface area contributed by atoms with Crippen molar-refractivity contribution in [3.8, 4) is 16.9 Å². The van der Waals surface area contributed by atoms with Crippen molar-refractivity contribution < 1.29 is 5.11 Å². The van der Waals surface area contributed by atoms with Crippen LogP contribution in [0.5, 0.6) is 5.75 Å². The van der Waals surface area contributed by atoms with Gasteiger partial charge in [0.2, 0.25) is 0 Å². The molecule has 0 bridgehead atoms. The number of rotatable bonds is 1. The summed E-state index contributed by atoms with van der Waals surface area (Å²) in [6.07, 6.45) is 0. The van der Waals surface area contributed by atoms with Crippen LogP contribution in [-0.2, 0) is 0 Å². The van der Waals surface area contributed by atoms with E-state index in [2.05, 4.69) is 0 Å². The molecule has 2 aromatic carbocycles. The summed E-state index contributed by atoms with van der Waals surface area (Å²) < 4.78 is 0. The maximum atomic E-state index is 9.67. The molecule has 0 aliphatic rings. The summed E-state index contributed by atoms with van der Waals surface area (Å²) in [5.74, 6) is -0.375. The first-order valence-electron chi connectivity index (χ1n) is 4.85. The summed E-state index contributed by atoms with van der Waals surface area (Å²) in [6, 6.07) is 4.98. The Bertz CT molecular complexity index is 639. The fourth-order valence-electron chi connectivity index (χ4n) is 1.55. The highest BCUT2D eigenvalue weighted by Crippen LogP contribution is 2.51. The Kier molecular flexibility index (Phi) is 4.67. The molecule has 0 heterocycles. The van der Waals surface area contributed by atoms with Crippen LogP contribution in [0.15, 0.2) is 18.2 Å². The second kappa shape index (κ2) is 5.77. The van der Waals surface area contributed by atoms with Gasteiger partial charge in [-0.3, -0.25) is 0 Å². The minimum atomic E-state index is -0.375. The van der Waals surface area contributed by atoms with Gasteiger partial charge in [0.05, 0.1) is 20.1 Å². The van der Waals surface area contributed by atoms with Crippen LogP contribution in [0.2, 0.25) is 30.1 Å². The number of hydrogen-bond donors (Lipinski definition) is 1. The van der Waals surface area contributed by atoms with Gasteiger partial charge in [0, 0.05) is 11.1 Å². The maximum absolute atomic E-state index is 9.67. The molecule has 19 heavy (non-hydrogen) atoms. The van der Waals surface area contributed by atoms with E-state index in [0.717, 1.165) is 0 Å². The molecule has 2 rings (SSSR count). The summed E-state index contributed by atoms with van der Waals surface area (Å²) >= 11 is 36.1. The van der Waals surface area contributed by atoms with Crippen molar-refractivity contribution in [1.29, 1.82) is 0 Å². The van der Waals surface area contributed by atoms with Crippen molar-refractivity contribution >= 4 is 69.6 Å². The minimum Gasteiger partial charge on any atom is -0.505 e. The lowest BCUT2D eigenvalue weighted by Crippen LogP contribution is -1.87. The summed E-state index contributed by atoms with van der Waals surface area (Å²) in [7, 11) is 0. The van der Waals surface area contributed by atoms with E-state index in [9.17, 15) is 5.11 Å². The van der Waals surface area contributed by atoms with E-state index in [4.69, 9.17) is 69.6 Å². The van der Waals surface area contributed by atoms with Crippen LogP contribution in [-0.4, -0.2) is 5.11 Å². The predicted molar refractivity (Wildman–Crippen MR) is 83.6 cm³/mol. The molecule has 0 aromatic heterocycles. The molecule has 0 unspecified atom stereocenters. The van der Waals surface area contributed by atoms with Crippen molar-refractivity contribution in [3.05, 3.63) is 48.3 Å². The van der Waals surface area contributed by atoms with Crippen LogP contribution < -0.4 is 0 Å². The molecule has 0 spiro atoms. The summed E-state index contributed by atoms with van der Waals surface area (Å²) in [4.78, 5) is 0. The molecule has 0 aliphatic heterocycles. The van der Waals surface area contributed by atoms with E-state index >= 15 is 0 Å². The summed E-state index contributed by atoms with van der Waals surface area (Å²) in [5.41, 5.74) is 0.802. The lowest BCUT2D eigenvalue weighted by molar-refractivity contribution is 0.476. The minimum absolute atomic E-state index is 0.0535. The van der Waals surface area contributed by atoms with E-state index in [1.54, 1.807) is 18.2 Å². The van der Waals surface area contributed by atoms with Gasteiger partial charge in [0.1, 0.15) is 10.0 Å². The summed E-state index contributed by atoms with van der Waals surface area (Å²) in [5, 5.41) is 10.2. The normalized spacial score (nSPS) is 10.8. The van der Waals surface area contributed by atoms with Crippen molar-refractivity contribution in [1.82, 2.24) is 0 Å². The Hall–Kier alpha value is -0.0200. The lowest BCUT2D eigenvalue weighted by atomic mass is 10.0. The van der Waals surface area contributed by atoms with Gasteiger partial charge in [0.25, 0.3) is 0 Å². The molecule has 0 radical (unpaired) electrons. The average molecular weight is 377 g/mol. The van der Waals surface area contributed by atoms with Gasteiger partial charge >= 0.3 is 0 Å². The van der Waals surface area contributed by atoms with Crippen LogP contribution in [0.4, 0.5) is 0 Å². The van der Waals surface area contributed by atoms with Gasteiger partial charge in [-0.2, -0.15) is 0 Å². The zero-order chi connectivity index (χ0) is 14.3. The van der Waals surface area contributed by atoms with Crippen LogP contribution >= 0.6 is 69.6 Å². The number of phenols is 1. The molecule has 0 saturated carbocycles. The fraction of sp³-hybridized carbons (Fsp3) is 0. The van der Waals surface area contributed by atoms with E-state index in [-0.39, 0.29) is 30.9 Å². The zero-order valence-electron chi connectivity index (χ0n) is 8.95. The lowest BCUT2D eigenvalue weighted by Gasteiger charge is -2.14. The van der Waals surface area contributed by atoms with Crippen molar-refractivity contribution in [2.24, 2.45) is 0 Å². The standard InChI is InChI=1S/C12H4Cl6O/c13-5-3-1-2-4(7(5)14)6-8(15)10(17)12(19)11(18)9(6)16/h1-3,19H. The van der Waals surface area contributed by atoms with Gasteiger partial charge in [-0.15, -0.1) is 0 Å². The number of benzene rings is 2. The van der Waals surface area contributed by atoms with Gasteiger partial charge in [0.15, 0.2) is 5.75 Å². The molecule has 100 valence electrons. The van der Waals surface area contributed by atoms with Crippen LogP contribution in [0.3, 0.4) is 0 Å². The topological polar surface area (TPSA) is 20.2 Å². The first kappa shape index (κ1) is 15.4. The van der Waals surface area contributed by atoms with Gasteiger partial charge in [-0.25, -0.2) is 0 Å². The second-order valence-electron chi connectivity index (χ2n) is 3.58. The quantitative estimate of drug-likeness (QED) is 0.532. The smallest absolute Gasteiger partial charge is 0.155 e. The van der Waals surface area contributed by atoms with E-state index in [0.29, 0.717) is 16.1 Å². The SMILES string of the molecule is Oc1c(Cl)c(Cl)c(-c2cccc(Cl)c2Cl)c(Cl)c1Cl. The van der Waals surface area contributed by atoms with Crippen LogP contribution in [0.1, 0.15) is 0 Å². The monoisotopic (exact) mass is 374 g/mol. The third-order valence-electron chi connectivity index (χ3n) is 2.46. The number of hydrogen-bond acceptors (Lipinski definition) is 1. The molecule has 0 aliphatic carbocycles. The molecule has 7 heteroatoms. The molecule has 0 fully saturated rings. The molecule has 0 amide bonds. The van der Waals surface area contributed by atoms with E-state index in [1.165, 1.54) is 0 Å². The second-order valence-corrected chi connectivity index (χ2v) is 5.88. The Morgan fingerprint density at radius 1 is 0.684 bits per heavy atom. The molecular formula is C12H4Cl6O. The largest absolute Gasteiger partial charge is 0.505 e. The molecular weight excluding hydrogens is 373 g/mol. The van der Waals surface area contributed by atoms with Crippen LogP contribution in [0.25, 0.3) is 11.1 Å². The third kappa shape index (κ3) is 2.61. The molecule has 1 N–H and O–H groups in total. The fourth-order valence-corrected chi connectivity index (χ4v) is 2.99. The number of phenolic OH excluding ortho intramolecular Hbond substituents is 1. The zero-order valence-corrected chi connectivity index (χ0v) is 13.5. The third-order valence-corrected chi connectivity index (χ3v) is 4.97. The number of aromatic hydroxyl groups is 1. The maximum Gasteiger partial charge on any atom is 0.155 e. The molecule has 1 nitrogen and oxygen atoms in total. The van der Waals surface area contributed by atoms with Crippen LogP contribution in [0, 0.1) is 0 Å². The Morgan fingerprint density at radius 3 is 1.74 bits per heavy atom. The molecule has 2 aromatic rings. The van der Waals surface area contributed by atoms with Gasteiger partial charge < -0.3 is 5.11 Å². The van der Waals surface area contributed by atoms with Crippen molar-refractivity contribution in [2.75, 3.05) is 0 Å². The Morgan fingerprint density at radius 2 is 1.21 bits per heavy atom. The van der Waals surface area contributed by atoms with E-state index in [1.807, 2.05) is 0 Å². The number of halogens is 6. The molecule has 0 saturated heterocycles. The highest BCUT2D eigenvalue weighted by molar-refractivity contribution is 6.52. The first-order chi connectivity index (χ1) is 8.86. The molecule has 0 atom stereocenters. The van der Waals surface area contributed by atoms with E-state index < -0.39 is 0 Å².